The lowest BCUT2D eigenvalue weighted by molar-refractivity contribution is -0.409. The molecule has 0 aromatic rings. The topological polar surface area (TPSA) is 54.0 Å². The van der Waals surface area contributed by atoms with E-state index in [1.807, 2.05) is 20.8 Å². The molecule has 108 valence electrons. The van der Waals surface area contributed by atoms with E-state index in [2.05, 4.69) is 6.92 Å². The van der Waals surface area contributed by atoms with Crippen LogP contribution in [0.2, 0.25) is 0 Å². The summed E-state index contributed by atoms with van der Waals surface area (Å²) in [6.45, 7) is 9.69. The Morgan fingerprint density at radius 3 is 2.33 bits per heavy atom. The molecule has 0 aromatic carbocycles. The predicted molar refractivity (Wildman–Crippen MR) is 68.0 cm³/mol. The Kier molecular flexibility index (Phi) is 8.75. The van der Waals surface area contributed by atoms with Crippen LogP contribution in [0.25, 0.3) is 0 Å². The lowest BCUT2D eigenvalue weighted by Gasteiger charge is -2.22. The van der Waals surface area contributed by atoms with Gasteiger partial charge in [-0.3, -0.25) is 0 Å². The zero-order valence-electron chi connectivity index (χ0n) is 12.2. The first-order valence-corrected chi connectivity index (χ1v) is 6.57. The first-order valence-electron chi connectivity index (χ1n) is 6.57. The van der Waals surface area contributed by atoms with Crippen molar-refractivity contribution < 1.29 is 24.0 Å². The molecule has 1 atom stereocenters. The quantitative estimate of drug-likeness (QED) is 0.219. The van der Waals surface area contributed by atoms with Crippen LogP contribution >= 0.6 is 0 Å². The highest BCUT2D eigenvalue weighted by atomic mass is 17.2. The highest BCUT2D eigenvalue weighted by Crippen LogP contribution is 2.14. The number of carbonyl (C=O) groups is 1. The molecule has 5 nitrogen and oxygen atoms in total. The summed E-state index contributed by atoms with van der Waals surface area (Å²) in [7, 11) is 0. The van der Waals surface area contributed by atoms with E-state index in [9.17, 15) is 4.79 Å². The van der Waals surface area contributed by atoms with E-state index in [4.69, 9.17) is 19.2 Å². The van der Waals surface area contributed by atoms with Gasteiger partial charge in [0.1, 0.15) is 0 Å². The Hall–Kier alpha value is -0.810. The summed E-state index contributed by atoms with van der Waals surface area (Å²) in [5, 5.41) is 0. The van der Waals surface area contributed by atoms with Crippen LogP contribution in [0.1, 0.15) is 60.3 Å². The largest absolute Gasteiger partial charge is 0.510 e. The Morgan fingerprint density at radius 2 is 1.83 bits per heavy atom. The van der Waals surface area contributed by atoms with Crippen LogP contribution in [-0.2, 0) is 19.2 Å². The number of hydrogen-bond donors (Lipinski definition) is 0. The van der Waals surface area contributed by atoms with Crippen LogP contribution in [0.4, 0.5) is 4.79 Å². The maximum absolute atomic E-state index is 11.2. The molecular formula is C13H26O5. The average molecular weight is 262 g/mol. The number of rotatable bonds is 8. The highest BCUT2D eigenvalue weighted by molar-refractivity contribution is 5.59. The molecule has 1 unspecified atom stereocenters. The second-order valence-corrected chi connectivity index (χ2v) is 5.02. The van der Waals surface area contributed by atoms with Crippen LogP contribution in [0.3, 0.4) is 0 Å². The SMILES string of the molecule is CCCCCC(OOC(C)(C)C)OC(=O)OCC. The number of hydrogen-bond acceptors (Lipinski definition) is 5. The molecule has 5 heteroatoms. The van der Waals surface area contributed by atoms with Crippen molar-refractivity contribution in [2.75, 3.05) is 6.61 Å². The van der Waals surface area contributed by atoms with E-state index >= 15 is 0 Å². The molecule has 0 saturated carbocycles. The molecule has 0 aliphatic carbocycles. The van der Waals surface area contributed by atoms with Gasteiger partial charge in [-0.05, 0) is 34.1 Å². The third kappa shape index (κ3) is 10.4. The first-order chi connectivity index (χ1) is 8.39. The van der Waals surface area contributed by atoms with Crippen LogP contribution in [-0.4, -0.2) is 24.7 Å². The van der Waals surface area contributed by atoms with E-state index in [1.54, 1.807) is 6.92 Å². The smallest absolute Gasteiger partial charge is 0.435 e. The van der Waals surface area contributed by atoms with Gasteiger partial charge < -0.3 is 9.47 Å². The Balaban J connectivity index is 4.11. The van der Waals surface area contributed by atoms with Crippen LogP contribution < -0.4 is 0 Å². The minimum absolute atomic E-state index is 0.278. The van der Waals surface area contributed by atoms with E-state index < -0.39 is 18.0 Å². The molecule has 0 amide bonds. The van der Waals surface area contributed by atoms with Crippen LogP contribution in [0.15, 0.2) is 0 Å². The monoisotopic (exact) mass is 262 g/mol. The lowest BCUT2D eigenvalue weighted by atomic mass is 10.2. The van der Waals surface area contributed by atoms with Crippen LogP contribution in [0, 0.1) is 0 Å². The lowest BCUT2D eigenvalue weighted by Crippen LogP contribution is -2.28. The van der Waals surface area contributed by atoms with Gasteiger partial charge in [0, 0.05) is 6.42 Å². The first kappa shape index (κ1) is 17.2. The second kappa shape index (κ2) is 9.16. The fourth-order valence-electron chi connectivity index (χ4n) is 1.14. The number of unbranched alkanes of at least 4 members (excludes halogenated alkanes) is 2. The van der Waals surface area contributed by atoms with Gasteiger partial charge in [-0.2, -0.15) is 4.89 Å². The molecule has 0 radical (unpaired) electrons. The Labute approximate surface area is 110 Å². The summed E-state index contributed by atoms with van der Waals surface area (Å²) in [6, 6.07) is 0. The van der Waals surface area contributed by atoms with Gasteiger partial charge in [0.05, 0.1) is 12.2 Å². The average Bonchev–Trinajstić information content (AvgIpc) is 2.25. The molecule has 0 heterocycles. The predicted octanol–water partition coefficient (Wildman–Crippen LogP) is 3.81. The van der Waals surface area contributed by atoms with E-state index in [-0.39, 0.29) is 6.61 Å². The Morgan fingerprint density at radius 1 is 1.17 bits per heavy atom. The highest BCUT2D eigenvalue weighted by Gasteiger charge is 2.20. The standard InChI is InChI=1S/C13H26O5/c1-6-8-9-10-11(16-12(14)15-7-2)17-18-13(3,4)5/h11H,6-10H2,1-5H3. The summed E-state index contributed by atoms with van der Waals surface area (Å²) in [6.07, 6.45) is 2.22. The molecule has 0 saturated heterocycles. The second-order valence-electron chi connectivity index (χ2n) is 5.02. The van der Waals surface area contributed by atoms with E-state index in [0.717, 1.165) is 19.3 Å². The maximum atomic E-state index is 11.2. The van der Waals surface area contributed by atoms with Crippen molar-refractivity contribution in [3.63, 3.8) is 0 Å². The fraction of sp³-hybridized carbons (Fsp3) is 0.923. The summed E-state index contributed by atoms with van der Waals surface area (Å²) < 4.78 is 9.74. The van der Waals surface area contributed by atoms with Gasteiger partial charge in [0.15, 0.2) is 0 Å². The number of carbonyl (C=O) groups excluding carboxylic acids is 1. The zero-order chi connectivity index (χ0) is 14.0. The van der Waals surface area contributed by atoms with Gasteiger partial charge >= 0.3 is 6.16 Å². The van der Waals surface area contributed by atoms with Gasteiger partial charge in [-0.1, -0.05) is 19.8 Å². The fourth-order valence-corrected chi connectivity index (χ4v) is 1.14. The van der Waals surface area contributed by atoms with Gasteiger partial charge in [0.2, 0.25) is 6.29 Å². The molecule has 0 fully saturated rings. The summed E-state index contributed by atoms with van der Waals surface area (Å²) in [5.41, 5.74) is -0.443. The van der Waals surface area contributed by atoms with Crippen molar-refractivity contribution in [2.24, 2.45) is 0 Å². The minimum Gasteiger partial charge on any atom is -0.435 e. The van der Waals surface area contributed by atoms with Crippen molar-refractivity contribution in [3.05, 3.63) is 0 Å². The van der Waals surface area contributed by atoms with Crippen LogP contribution in [0.5, 0.6) is 0 Å². The molecular weight excluding hydrogens is 236 g/mol. The summed E-state index contributed by atoms with van der Waals surface area (Å²) in [4.78, 5) is 21.5. The zero-order valence-corrected chi connectivity index (χ0v) is 12.2. The molecule has 0 spiro atoms. The minimum atomic E-state index is -0.725. The molecule has 0 rings (SSSR count). The third-order valence-electron chi connectivity index (χ3n) is 1.94. The summed E-state index contributed by atoms with van der Waals surface area (Å²) >= 11 is 0. The van der Waals surface area contributed by atoms with Crippen molar-refractivity contribution in [1.29, 1.82) is 0 Å². The molecule has 0 aliphatic rings. The third-order valence-corrected chi connectivity index (χ3v) is 1.94. The maximum Gasteiger partial charge on any atom is 0.510 e. The van der Waals surface area contributed by atoms with Crippen molar-refractivity contribution in [2.45, 2.75) is 72.2 Å². The Bertz CT molecular complexity index is 222. The molecule has 0 aliphatic heterocycles. The van der Waals surface area contributed by atoms with Gasteiger partial charge in [0.25, 0.3) is 0 Å². The normalized spacial score (nSPS) is 13.2. The molecule has 0 N–H and O–H groups in total. The molecule has 18 heavy (non-hydrogen) atoms. The van der Waals surface area contributed by atoms with Crippen molar-refractivity contribution in [3.8, 4) is 0 Å². The number of ether oxygens (including phenoxy) is 2. The van der Waals surface area contributed by atoms with Gasteiger partial charge in [-0.25, -0.2) is 9.68 Å². The van der Waals surface area contributed by atoms with Crippen molar-refractivity contribution >= 4 is 6.16 Å². The van der Waals surface area contributed by atoms with E-state index in [0.29, 0.717) is 6.42 Å². The van der Waals surface area contributed by atoms with E-state index in [1.165, 1.54) is 0 Å². The van der Waals surface area contributed by atoms with Gasteiger partial charge in [-0.15, -0.1) is 0 Å². The molecule has 0 bridgehead atoms. The van der Waals surface area contributed by atoms with Crippen molar-refractivity contribution in [1.82, 2.24) is 0 Å². The molecule has 0 aromatic heterocycles. The summed E-state index contributed by atoms with van der Waals surface area (Å²) in [5.74, 6) is 0.